The molecule has 228 valence electrons. The maximum absolute atomic E-state index is 12.6. The van der Waals surface area contributed by atoms with Crippen LogP contribution >= 0.6 is 32.5 Å². The molecule has 5 rings (SSSR count). The highest BCUT2D eigenvalue weighted by Crippen LogP contribution is 2.37. The number of carbonyl (C=O) groups excluding carboxylic acids is 1. The minimum absolute atomic E-state index is 0.0604. The summed E-state index contributed by atoms with van der Waals surface area (Å²) in [4.78, 5) is 19.2. The third-order valence-corrected chi connectivity index (χ3v) is 11.2. The van der Waals surface area contributed by atoms with Crippen molar-refractivity contribution in [3.63, 3.8) is 0 Å². The fraction of sp³-hybridized carbons (Fsp3) is 0.345. The number of halogens is 4. The van der Waals surface area contributed by atoms with Crippen LogP contribution in [0.25, 0.3) is 5.57 Å². The molecule has 1 saturated heterocycles. The number of aromatic amines is 1. The number of alkyl halides is 3. The van der Waals surface area contributed by atoms with E-state index >= 15 is 0 Å². The molecule has 0 aliphatic carbocycles. The Kier molecular flexibility index (Phi) is 9.86. The van der Waals surface area contributed by atoms with Crippen molar-refractivity contribution in [2.24, 2.45) is 15.8 Å². The summed E-state index contributed by atoms with van der Waals surface area (Å²) in [5, 5.41) is 14.1. The largest absolute Gasteiger partial charge is 0.471 e. The third kappa shape index (κ3) is 8.23. The van der Waals surface area contributed by atoms with Gasteiger partial charge in [-0.05, 0) is 103 Å². The van der Waals surface area contributed by atoms with E-state index in [1.54, 1.807) is 16.8 Å². The highest BCUT2D eigenvalue weighted by Gasteiger charge is 2.38. The number of nitrogens with two attached hydrogens (primary N) is 1. The van der Waals surface area contributed by atoms with Gasteiger partial charge in [-0.15, -0.1) is 0 Å². The Morgan fingerprint density at radius 3 is 2.63 bits per heavy atom. The average molecular weight is 725 g/mol. The lowest BCUT2D eigenvalue weighted by atomic mass is 10.1. The molecule has 0 unspecified atom stereocenters. The molecule has 0 saturated carbocycles. The average Bonchev–Trinajstić information content (AvgIpc) is 3.59. The Labute approximate surface area is 261 Å². The van der Waals surface area contributed by atoms with E-state index in [0.29, 0.717) is 17.9 Å². The van der Waals surface area contributed by atoms with Gasteiger partial charge in [0.1, 0.15) is 0 Å². The van der Waals surface area contributed by atoms with Crippen LogP contribution in [0.5, 0.6) is 0 Å². The number of likely N-dealkylation sites (tertiary alicyclic amines) is 1. The van der Waals surface area contributed by atoms with E-state index in [0.717, 1.165) is 60.2 Å². The molecule has 2 aromatic heterocycles. The van der Waals surface area contributed by atoms with Gasteiger partial charge in [-0.2, -0.15) is 23.4 Å². The Morgan fingerprint density at radius 2 is 1.95 bits per heavy atom. The van der Waals surface area contributed by atoms with Crippen LogP contribution in [-0.4, -0.2) is 63.9 Å². The number of anilines is 1. The molecule has 1 amide bonds. The first-order valence-electron chi connectivity index (χ1n) is 13.8. The molecule has 3 aromatic rings. The van der Waals surface area contributed by atoms with Crippen LogP contribution in [0.4, 0.5) is 24.5 Å². The smallest absolute Gasteiger partial charge is 0.387 e. The van der Waals surface area contributed by atoms with Crippen molar-refractivity contribution in [1.29, 1.82) is 0 Å². The van der Waals surface area contributed by atoms with E-state index < -0.39 is 32.8 Å². The molecular weight excluding hydrogens is 692 g/mol. The number of amides is 1. The number of thioether (sulfide) groups is 1. The number of aliphatic imine (C=N–C) groups is 1. The minimum atomic E-state index is -4.95. The molecule has 14 heteroatoms. The summed E-state index contributed by atoms with van der Waals surface area (Å²) in [5.74, 6) is -1.43. The van der Waals surface area contributed by atoms with Gasteiger partial charge in [0.2, 0.25) is 0 Å². The number of fused-ring (bicyclic) bond motifs is 1. The number of amidine groups is 1. The second kappa shape index (κ2) is 13.6. The molecule has 1 aromatic carbocycles. The number of allylic oxidation sites excluding steroid dienone is 1. The number of piperidine rings is 1. The van der Waals surface area contributed by atoms with E-state index in [4.69, 9.17) is 10.8 Å². The number of benzene rings is 1. The van der Waals surface area contributed by atoms with Crippen LogP contribution in [0, 0.1) is 6.92 Å². The number of aryl methyl sites for hydroxylation is 1. The van der Waals surface area contributed by atoms with Crippen molar-refractivity contribution < 1.29 is 18.0 Å². The quantitative estimate of drug-likeness (QED) is 0.134. The van der Waals surface area contributed by atoms with Gasteiger partial charge in [-0.1, -0.05) is 24.8 Å². The van der Waals surface area contributed by atoms with Crippen molar-refractivity contribution in [1.82, 2.24) is 19.8 Å². The zero-order valence-electron chi connectivity index (χ0n) is 23.5. The fourth-order valence-electron chi connectivity index (χ4n) is 4.71. The second-order valence-corrected chi connectivity index (χ2v) is 14.7. The number of hydrogen-bond acceptors (Lipinski definition) is 6. The molecule has 4 N–H and O–H groups in total. The van der Waals surface area contributed by atoms with Crippen molar-refractivity contribution in [3.05, 3.63) is 66.3 Å². The number of hydrogen-bond donors (Lipinski definition) is 3. The maximum atomic E-state index is 12.6. The van der Waals surface area contributed by atoms with Gasteiger partial charge in [0.15, 0.2) is 3.05 Å². The van der Waals surface area contributed by atoms with E-state index in [2.05, 4.69) is 26.7 Å². The number of rotatable bonds is 9. The summed E-state index contributed by atoms with van der Waals surface area (Å²) in [6.45, 7) is 9.61. The number of nitrogens with zero attached hydrogens (tertiary/aromatic N) is 5. The Morgan fingerprint density at radius 1 is 1.21 bits per heavy atom. The molecule has 0 spiro atoms. The van der Waals surface area contributed by atoms with Gasteiger partial charge in [-0.3, -0.25) is 9.89 Å². The molecule has 0 atom stereocenters. The van der Waals surface area contributed by atoms with Crippen LogP contribution < -0.4 is 11.1 Å². The summed E-state index contributed by atoms with van der Waals surface area (Å²) in [5.41, 5.74) is 10.4. The van der Waals surface area contributed by atoms with Crippen LogP contribution in [0.1, 0.15) is 49.2 Å². The molecule has 1 fully saturated rings. The highest BCUT2D eigenvalue weighted by molar-refractivity contribution is 14.2. The minimum Gasteiger partial charge on any atom is -0.387 e. The Bertz CT molecular complexity index is 1580. The molecule has 2 aliphatic heterocycles. The van der Waals surface area contributed by atoms with E-state index in [-0.39, 0.29) is 5.69 Å². The summed E-state index contributed by atoms with van der Waals surface area (Å²) >= 11 is 0.618. The Balaban J connectivity index is 1.34. The summed E-state index contributed by atoms with van der Waals surface area (Å²) in [6, 6.07) is 10.1. The van der Waals surface area contributed by atoms with Crippen LogP contribution in [-0.2, 0) is 4.79 Å². The summed E-state index contributed by atoms with van der Waals surface area (Å²) < 4.78 is 41.5. The number of nitrogens with one attached hydrogen (secondary N) is 2. The highest BCUT2D eigenvalue weighted by atomic mass is 127. The number of carbonyl (C=O) groups is 1. The van der Waals surface area contributed by atoms with Gasteiger partial charge >= 0.3 is 12.1 Å². The number of H-pyrrole nitrogens is 1. The molecular formula is C29H32F3IN8OS. The van der Waals surface area contributed by atoms with Crippen molar-refractivity contribution in [2.45, 2.75) is 50.1 Å². The lowest BCUT2D eigenvalue weighted by molar-refractivity contribution is -0.167. The first kappa shape index (κ1) is 31.2. The molecule has 43 heavy (non-hydrogen) atoms. The summed E-state index contributed by atoms with van der Waals surface area (Å²) in [7, 11) is 0. The van der Waals surface area contributed by atoms with Gasteiger partial charge in [0.25, 0.3) is 0 Å². The molecule has 0 radical (unpaired) electrons. The van der Waals surface area contributed by atoms with Crippen LogP contribution in [0.15, 0.2) is 64.2 Å². The van der Waals surface area contributed by atoms with E-state index in [1.165, 1.54) is 43.2 Å². The van der Waals surface area contributed by atoms with Gasteiger partial charge in [0, 0.05) is 31.8 Å². The van der Waals surface area contributed by atoms with Gasteiger partial charge in [-0.25, -0.2) is 9.67 Å². The second-order valence-electron chi connectivity index (χ2n) is 10.3. The Hall–Kier alpha value is -3.24. The maximum Gasteiger partial charge on any atom is 0.471 e. The third-order valence-electron chi connectivity index (χ3n) is 6.85. The van der Waals surface area contributed by atoms with Gasteiger partial charge < -0.3 is 16.0 Å². The zero-order valence-corrected chi connectivity index (χ0v) is 26.5. The molecule has 2 aliphatic rings. The number of aromatic nitrogens is 3. The van der Waals surface area contributed by atoms with Crippen molar-refractivity contribution in [3.8, 4) is 0 Å². The SMILES string of the molecule is C=C(C1=IC(Sc2ccc(NC(=O)C(F)(F)F)cc2)=Nn2cc(N=C(N)CCCN3CCCCC3)cc21)c1cc(C)[nH]n1. The first-order valence-corrected chi connectivity index (χ1v) is 16.8. The van der Waals surface area contributed by atoms with Gasteiger partial charge in [0.05, 0.1) is 29.1 Å². The molecule has 0 bridgehead atoms. The zero-order chi connectivity index (χ0) is 30.6. The van der Waals surface area contributed by atoms with Crippen LogP contribution in [0.3, 0.4) is 0 Å². The van der Waals surface area contributed by atoms with Crippen molar-refractivity contribution >= 4 is 67.7 Å². The first-order chi connectivity index (χ1) is 20.5. The topological polar surface area (TPSA) is 117 Å². The van der Waals surface area contributed by atoms with E-state index in [9.17, 15) is 18.0 Å². The van der Waals surface area contributed by atoms with Crippen LogP contribution in [0.2, 0.25) is 0 Å². The monoisotopic (exact) mass is 724 g/mol. The fourth-order valence-corrected chi connectivity index (χ4v) is 9.04. The predicted octanol–water partition coefficient (Wildman–Crippen LogP) is 6.40. The normalized spacial score (nSPS) is 16.1. The predicted molar refractivity (Wildman–Crippen MR) is 176 cm³/mol. The lowest BCUT2D eigenvalue weighted by Crippen LogP contribution is -2.31. The molecule has 4 heterocycles. The lowest BCUT2D eigenvalue weighted by Gasteiger charge is -2.26. The molecule has 9 nitrogen and oxygen atoms in total. The summed E-state index contributed by atoms with van der Waals surface area (Å²) in [6.07, 6.45) is 2.39. The van der Waals surface area contributed by atoms with E-state index in [1.807, 2.05) is 30.6 Å². The van der Waals surface area contributed by atoms with Crippen molar-refractivity contribution in [2.75, 3.05) is 25.0 Å². The standard InChI is InChI=1S/C29H32F3IN8OS/c1-18-15-23(38-37-18)19(2)26-24-16-21(35-25(34)7-6-14-40-12-4-3-5-13-40)17-41(24)39-28(33-26)43-22-10-8-20(9-11-22)36-27(42)29(30,31)32/h8-11,15-17H,2-7,12-14H2,1H3,(H2,34,35)(H,36,42)(H,37,38).